The first kappa shape index (κ1) is 19.7. The van der Waals surface area contributed by atoms with Crippen LogP contribution in [0.1, 0.15) is 25.8 Å². The third kappa shape index (κ3) is 5.63. The fourth-order valence-electron chi connectivity index (χ4n) is 3.13. The monoisotopic (exact) mass is 432 g/mol. The summed E-state index contributed by atoms with van der Waals surface area (Å²) >= 11 is 0. The number of nitrogens with zero attached hydrogens (tertiary/aromatic N) is 3. The van der Waals surface area contributed by atoms with Crippen molar-refractivity contribution in [2.75, 3.05) is 20.1 Å². The quantitative estimate of drug-likeness (QED) is 0.262. The maximum absolute atomic E-state index is 10.8. The summed E-state index contributed by atoms with van der Waals surface area (Å²) in [6.45, 7) is 7.05. The van der Waals surface area contributed by atoms with Crippen LogP contribution in [0.15, 0.2) is 29.3 Å². The highest BCUT2D eigenvalue weighted by molar-refractivity contribution is 14.0. The summed E-state index contributed by atoms with van der Waals surface area (Å²) in [6, 6.07) is 6.70. The van der Waals surface area contributed by atoms with Gasteiger partial charge in [0.25, 0.3) is 5.69 Å². The van der Waals surface area contributed by atoms with Crippen molar-refractivity contribution in [2.24, 2.45) is 16.8 Å². The molecule has 0 aromatic heterocycles. The second-order valence-electron chi connectivity index (χ2n) is 6.18. The number of piperidine rings is 1. The van der Waals surface area contributed by atoms with E-state index in [1.165, 1.54) is 12.5 Å². The molecule has 1 heterocycles. The summed E-state index contributed by atoms with van der Waals surface area (Å²) in [5, 5.41) is 14.1. The fraction of sp³-hybridized carbons (Fsp3) is 0.562. The molecule has 1 aromatic rings. The number of nitrogens with one attached hydrogen (secondary N) is 1. The maximum atomic E-state index is 10.8. The lowest BCUT2D eigenvalue weighted by molar-refractivity contribution is -0.384. The Bertz CT molecular complexity index is 555. The van der Waals surface area contributed by atoms with Crippen LogP contribution in [-0.4, -0.2) is 35.9 Å². The van der Waals surface area contributed by atoms with Crippen LogP contribution >= 0.6 is 24.0 Å². The number of aliphatic imine (C=N–C) groups is 1. The Labute approximate surface area is 154 Å². The van der Waals surface area contributed by atoms with E-state index in [1.54, 1.807) is 19.2 Å². The molecule has 0 amide bonds. The molecule has 0 aliphatic carbocycles. The highest BCUT2D eigenvalue weighted by Gasteiger charge is 2.23. The fourth-order valence-corrected chi connectivity index (χ4v) is 3.13. The second kappa shape index (κ2) is 9.05. The van der Waals surface area contributed by atoms with Gasteiger partial charge < -0.3 is 10.2 Å². The number of non-ortho nitro benzene ring substituents is 1. The molecule has 0 spiro atoms. The Morgan fingerprint density at radius 3 is 2.61 bits per heavy atom. The Morgan fingerprint density at radius 2 is 2.04 bits per heavy atom. The molecular formula is C16H25IN4O2. The van der Waals surface area contributed by atoms with E-state index in [0.717, 1.165) is 24.6 Å². The molecule has 23 heavy (non-hydrogen) atoms. The molecule has 6 nitrogen and oxygen atoms in total. The van der Waals surface area contributed by atoms with Crippen molar-refractivity contribution in [2.45, 2.75) is 26.8 Å². The van der Waals surface area contributed by atoms with Crippen LogP contribution < -0.4 is 5.32 Å². The van der Waals surface area contributed by atoms with Gasteiger partial charge in [-0.1, -0.05) is 26.0 Å². The van der Waals surface area contributed by atoms with E-state index in [-0.39, 0.29) is 34.6 Å². The smallest absolute Gasteiger partial charge is 0.269 e. The van der Waals surface area contributed by atoms with E-state index in [1.807, 2.05) is 6.07 Å². The normalized spacial score (nSPS) is 21.5. The molecule has 1 N–H and O–H groups in total. The minimum absolute atomic E-state index is 0. The number of nitro benzene ring substituents is 1. The molecule has 0 saturated carbocycles. The van der Waals surface area contributed by atoms with E-state index in [2.05, 4.69) is 29.1 Å². The lowest BCUT2D eigenvalue weighted by atomic mass is 9.92. The van der Waals surface area contributed by atoms with Gasteiger partial charge in [-0.25, -0.2) is 0 Å². The van der Waals surface area contributed by atoms with Crippen LogP contribution in [0.3, 0.4) is 0 Å². The van der Waals surface area contributed by atoms with Crippen LogP contribution in [0.25, 0.3) is 0 Å². The molecule has 128 valence electrons. The largest absolute Gasteiger partial charge is 0.352 e. The van der Waals surface area contributed by atoms with Crippen molar-refractivity contribution in [1.29, 1.82) is 0 Å². The van der Waals surface area contributed by atoms with Crippen LogP contribution in [0.4, 0.5) is 5.69 Å². The Morgan fingerprint density at radius 1 is 1.39 bits per heavy atom. The number of hydrogen-bond donors (Lipinski definition) is 1. The van der Waals surface area contributed by atoms with Gasteiger partial charge >= 0.3 is 0 Å². The predicted molar refractivity (Wildman–Crippen MR) is 103 cm³/mol. The standard InChI is InChI=1S/C16H24N4O2.HI/c1-12-7-13(2)11-19(10-12)16(17-3)18-9-14-5-4-6-15(8-14)20(21)22;/h4-6,8,12-13H,7,9-11H2,1-3H3,(H,17,18);1H. The summed E-state index contributed by atoms with van der Waals surface area (Å²) in [7, 11) is 1.78. The first-order valence-electron chi connectivity index (χ1n) is 7.68. The average molecular weight is 432 g/mol. The summed E-state index contributed by atoms with van der Waals surface area (Å²) in [5.41, 5.74) is 1.00. The van der Waals surface area contributed by atoms with Gasteiger partial charge in [0.1, 0.15) is 0 Å². The first-order chi connectivity index (χ1) is 10.5. The molecule has 2 unspecified atom stereocenters. The summed E-state index contributed by atoms with van der Waals surface area (Å²) in [5.74, 6) is 2.17. The minimum Gasteiger partial charge on any atom is -0.352 e. The number of rotatable bonds is 3. The van der Waals surface area contributed by atoms with Crippen molar-refractivity contribution in [1.82, 2.24) is 10.2 Å². The molecule has 7 heteroatoms. The molecular weight excluding hydrogens is 407 g/mol. The van der Waals surface area contributed by atoms with Crippen LogP contribution in [0, 0.1) is 22.0 Å². The van der Waals surface area contributed by atoms with Crippen LogP contribution in [-0.2, 0) is 6.54 Å². The Hall–Kier alpha value is -1.38. The zero-order chi connectivity index (χ0) is 16.1. The topological polar surface area (TPSA) is 70.8 Å². The average Bonchev–Trinajstić information content (AvgIpc) is 2.47. The van der Waals surface area contributed by atoms with E-state index in [0.29, 0.717) is 18.4 Å². The predicted octanol–water partition coefficient (Wildman–Crippen LogP) is 3.27. The number of halogens is 1. The van der Waals surface area contributed by atoms with Gasteiger partial charge in [-0.2, -0.15) is 0 Å². The second-order valence-corrected chi connectivity index (χ2v) is 6.18. The van der Waals surface area contributed by atoms with Gasteiger partial charge in [0.05, 0.1) is 4.92 Å². The van der Waals surface area contributed by atoms with Crippen molar-refractivity contribution in [3.63, 3.8) is 0 Å². The van der Waals surface area contributed by atoms with Gasteiger partial charge in [-0.15, -0.1) is 24.0 Å². The van der Waals surface area contributed by atoms with Crippen molar-refractivity contribution >= 4 is 35.6 Å². The Kier molecular flexibility index (Phi) is 7.74. The van der Waals surface area contributed by atoms with Crippen molar-refractivity contribution in [3.05, 3.63) is 39.9 Å². The summed E-state index contributed by atoms with van der Waals surface area (Å²) in [4.78, 5) is 17.1. The molecule has 1 aliphatic rings. The zero-order valence-corrected chi connectivity index (χ0v) is 16.2. The number of guanidine groups is 1. The number of likely N-dealkylation sites (tertiary alicyclic amines) is 1. The highest BCUT2D eigenvalue weighted by Crippen LogP contribution is 2.21. The maximum Gasteiger partial charge on any atom is 0.269 e. The molecule has 1 aromatic carbocycles. The Balaban J connectivity index is 0.00000264. The minimum atomic E-state index is -0.369. The zero-order valence-electron chi connectivity index (χ0n) is 13.9. The van der Waals surface area contributed by atoms with E-state index in [4.69, 9.17) is 0 Å². The lowest BCUT2D eigenvalue weighted by Gasteiger charge is -2.37. The lowest BCUT2D eigenvalue weighted by Crippen LogP contribution is -2.48. The molecule has 1 aliphatic heterocycles. The number of nitro groups is 1. The third-order valence-electron chi connectivity index (χ3n) is 3.95. The summed E-state index contributed by atoms with van der Waals surface area (Å²) < 4.78 is 0. The molecule has 1 fully saturated rings. The van der Waals surface area contributed by atoms with Gasteiger partial charge in [0.15, 0.2) is 5.96 Å². The van der Waals surface area contributed by atoms with Gasteiger partial charge in [-0.3, -0.25) is 15.1 Å². The summed E-state index contributed by atoms with van der Waals surface area (Å²) in [6.07, 6.45) is 1.25. The first-order valence-corrected chi connectivity index (χ1v) is 7.68. The molecule has 1 saturated heterocycles. The molecule has 0 bridgehead atoms. The van der Waals surface area contributed by atoms with E-state index < -0.39 is 0 Å². The highest BCUT2D eigenvalue weighted by atomic mass is 127. The van der Waals surface area contributed by atoms with E-state index >= 15 is 0 Å². The van der Waals surface area contributed by atoms with E-state index in [9.17, 15) is 10.1 Å². The molecule has 2 atom stereocenters. The van der Waals surface area contributed by atoms with Crippen LogP contribution in [0.2, 0.25) is 0 Å². The van der Waals surface area contributed by atoms with Gasteiger partial charge in [-0.05, 0) is 23.8 Å². The van der Waals surface area contributed by atoms with Gasteiger partial charge in [0, 0.05) is 38.8 Å². The SMILES string of the molecule is CN=C(NCc1cccc([N+](=O)[O-])c1)N1CC(C)CC(C)C1.I. The number of hydrogen-bond acceptors (Lipinski definition) is 3. The van der Waals surface area contributed by atoms with Crippen molar-refractivity contribution < 1.29 is 4.92 Å². The third-order valence-corrected chi connectivity index (χ3v) is 3.95. The molecule has 0 radical (unpaired) electrons. The van der Waals surface area contributed by atoms with Gasteiger partial charge in [0.2, 0.25) is 0 Å². The molecule has 2 rings (SSSR count). The van der Waals surface area contributed by atoms with Crippen LogP contribution in [0.5, 0.6) is 0 Å². The number of benzene rings is 1. The van der Waals surface area contributed by atoms with Crippen molar-refractivity contribution in [3.8, 4) is 0 Å².